The summed E-state index contributed by atoms with van der Waals surface area (Å²) < 4.78 is 26.7. The molecule has 0 unspecified atom stereocenters. The van der Waals surface area contributed by atoms with E-state index in [0.29, 0.717) is 12.8 Å². The first kappa shape index (κ1) is 26.6. The van der Waals surface area contributed by atoms with Gasteiger partial charge < -0.3 is 9.47 Å². The summed E-state index contributed by atoms with van der Waals surface area (Å²) in [5.74, 6) is -0.533. The number of rotatable bonds is 14. The second kappa shape index (κ2) is 13.7. The molecule has 0 heterocycles. The molecule has 0 fully saturated rings. The average molecular weight is 416 g/mol. The maximum atomic E-state index is 13.6. The minimum absolute atomic E-state index is 0.186. The summed E-state index contributed by atoms with van der Waals surface area (Å²) in [4.78, 5) is 24.9. The average Bonchev–Trinajstić information content (AvgIpc) is 2.65. The van der Waals surface area contributed by atoms with Crippen LogP contribution < -0.4 is 0 Å². The molecule has 0 aliphatic carbocycles. The lowest BCUT2D eigenvalue weighted by atomic mass is 10.0. The summed E-state index contributed by atoms with van der Waals surface area (Å²) in [6.45, 7) is 15.9. The third kappa shape index (κ3) is 8.29. The van der Waals surface area contributed by atoms with Gasteiger partial charge in [-0.3, -0.25) is 14.2 Å². The van der Waals surface area contributed by atoms with Gasteiger partial charge in [-0.05, 0) is 24.7 Å². The van der Waals surface area contributed by atoms with E-state index in [2.05, 4.69) is 13.2 Å². The second-order valence-corrected chi connectivity index (χ2v) is 9.22. The molecule has 0 aromatic carbocycles. The van der Waals surface area contributed by atoms with Crippen LogP contribution >= 0.6 is 8.10 Å². The van der Waals surface area contributed by atoms with Gasteiger partial charge in [-0.15, -0.1) is 13.2 Å². The minimum atomic E-state index is -2.72. The van der Waals surface area contributed by atoms with Crippen LogP contribution in [0.5, 0.6) is 0 Å². The van der Waals surface area contributed by atoms with Crippen LogP contribution in [0.4, 0.5) is 0 Å². The highest BCUT2D eigenvalue weighted by Gasteiger charge is 2.37. The van der Waals surface area contributed by atoms with Crippen molar-refractivity contribution in [2.45, 2.75) is 52.6 Å². The van der Waals surface area contributed by atoms with Gasteiger partial charge in [0.1, 0.15) is 12.1 Å². The van der Waals surface area contributed by atoms with Gasteiger partial charge in [-0.25, -0.2) is 9.34 Å². The van der Waals surface area contributed by atoms with E-state index in [9.17, 15) is 14.2 Å². The molecule has 162 valence electrons. The molecule has 0 saturated carbocycles. The van der Waals surface area contributed by atoms with Crippen LogP contribution in [0, 0.1) is 11.8 Å². The van der Waals surface area contributed by atoms with Gasteiger partial charge in [0.15, 0.2) is 0 Å². The molecule has 7 nitrogen and oxygen atoms in total. The highest BCUT2D eigenvalue weighted by molar-refractivity contribution is 7.39. The van der Waals surface area contributed by atoms with Gasteiger partial charge in [-0.2, -0.15) is 0 Å². The lowest BCUT2D eigenvalue weighted by Gasteiger charge is -2.37. The Labute approximate surface area is 170 Å². The van der Waals surface area contributed by atoms with Crippen molar-refractivity contribution in [3.63, 3.8) is 0 Å². The Morgan fingerprint density at radius 3 is 1.39 bits per heavy atom. The summed E-state index contributed by atoms with van der Waals surface area (Å²) in [6.07, 6.45) is 4.15. The molecule has 0 rings (SSSR count). The van der Waals surface area contributed by atoms with Crippen molar-refractivity contribution in [2.75, 3.05) is 27.3 Å². The highest BCUT2D eigenvalue weighted by atomic mass is 31.1. The first-order chi connectivity index (χ1) is 13.1. The predicted molar refractivity (Wildman–Crippen MR) is 113 cm³/mol. The van der Waals surface area contributed by atoms with E-state index < -0.39 is 32.1 Å². The molecule has 0 N–H and O–H groups in total. The molecule has 0 aliphatic heterocycles. The van der Waals surface area contributed by atoms with Crippen molar-refractivity contribution < 1.29 is 23.6 Å². The third-order valence-electron chi connectivity index (χ3n) is 4.23. The zero-order chi connectivity index (χ0) is 21.9. The number of methoxy groups -OCH3 is 2. The van der Waals surface area contributed by atoms with Crippen LogP contribution in [0.1, 0.15) is 40.5 Å². The van der Waals surface area contributed by atoms with Crippen molar-refractivity contribution >= 4 is 20.0 Å². The molecular weight excluding hydrogens is 379 g/mol. The van der Waals surface area contributed by atoms with Gasteiger partial charge >= 0.3 is 11.9 Å². The fourth-order valence-corrected chi connectivity index (χ4v) is 4.84. The summed E-state index contributed by atoms with van der Waals surface area (Å²) >= 11 is 0. The van der Waals surface area contributed by atoms with Crippen molar-refractivity contribution in [1.29, 1.82) is 0 Å². The van der Waals surface area contributed by atoms with E-state index in [1.54, 1.807) is 21.5 Å². The summed E-state index contributed by atoms with van der Waals surface area (Å²) in [5, 5.41) is 0. The van der Waals surface area contributed by atoms with E-state index in [4.69, 9.17) is 9.47 Å². The van der Waals surface area contributed by atoms with Gasteiger partial charge in [0.25, 0.3) is 0 Å². The van der Waals surface area contributed by atoms with E-state index in [1.165, 1.54) is 14.2 Å². The van der Waals surface area contributed by atoms with Crippen LogP contribution in [0.2, 0.25) is 0 Å². The van der Waals surface area contributed by atoms with E-state index >= 15 is 0 Å². The topological polar surface area (TPSA) is 76.2 Å². The number of esters is 2. The Morgan fingerprint density at radius 1 is 0.857 bits per heavy atom. The van der Waals surface area contributed by atoms with E-state index in [0.717, 1.165) is 0 Å². The lowest BCUT2D eigenvalue weighted by molar-refractivity contribution is -0.145. The standard InChI is InChI=1S/C20H37N2O5P/c1-9-11-21(17(13-15(3)4)19(23)26-7)28(25)22(12-10-2)18(14-16(5)6)20(24)27-8/h9-10,15-18,28H,1-2,11-14H2,3-8H3/t17-,18-/m0/s1. The molecule has 0 aromatic rings. The number of nitrogens with zero attached hydrogens (tertiary/aromatic N) is 2. The molecule has 0 saturated heterocycles. The largest absolute Gasteiger partial charge is 0.468 e. The smallest absolute Gasteiger partial charge is 0.323 e. The molecule has 0 aliphatic rings. The molecular formula is C20H37N2O5P. The van der Waals surface area contributed by atoms with Crippen LogP contribution in [0.15, 0.2) is 25.3 Å². The molecule has 0 bridgehead atoms. The minimum Gasteiger partial charge on any atom is -0.468 e. The molecule has 0 amide bonds. The quantitative estimate of drug-likeness (QED) is 0.244. The maximum absolute atomic E-state index is 13.6. The van der Waals surface area contributed by atoms with Gasteiger partial charge in [0.05, 0.1) is 14.2 Å². The Morgan fingerprint density at radius 2 is 1.18 bits per heavy atom. The molecule has 8 heteroatoms. The van der Waals surface area contributed by atoms with Crippen LogP contribution in [0.3, 0.4) is 0 Å². The fraction of sp³-hybridized carbons (Fsp3) is 0.700. The number of ether oxygens (including phenoxy) is 2. The fourth-order valence-electron chi connectivity index (χ4n) is 2.99. The first-order valence-electron chi connectivity index (χ1n) is 9.59. The van der Waals surface area contributed by atoms with Crippen LogP contribution in [-0.4, -0.2) is 60.7 Å². The van der Waals surface area contributed by atoms with E-state index in [1.807, 2.05) is 27.7 Å². The molecule has 0 radical (unpaired) electrons. The second-order valence-electron chi connectivity index (χ2n) is 7.50. The van der Waals surface area contributed by atoms with E-state index in [-0.39, 0.29) is 24.9 Å². The molecule has 0 spiro atoms. The van der Waals surface area contributed by atoms with Gasteiger partial charge in [-0.1, -0.05) is 39.8 Å². The van der Waals surface area contributed by atoms with Gasteiger partial charge in [0, 0.05) is 13.1 Å². The Bertz CT molecular complexity index is 505. The summed E-state index contributed by atoms with van der Waals surface area (Å²) in [6, 6.07) is -1.39. The summed E-state index contributed by atoms with van der Waals surface area (Å²) in [5.41, 5.74) is 0. The van der Waals surface area contributed by atoms with Crippen molar-refractivity contribution in [3.05, 3.63) is 25.3 Å². The highest BCUT2D eigenvalue weighted by Crippen LogP contribution is 2.39. The monoisotopic (exact) mass is 416 g/mol. The van der Waals surface area contributed by atoms with Crippen molar-refractivity contribution in [3.8, 4) is 0 Å². The summed E-state index contributed by atoms with van der Waals surface area (Å²) in [7, 11) is -0.0838. The van der Waals surface area contributed by atoms with Crippen LogP contribution in [0.25, 0.3) is 0 Å². The first-order valence-corrected chi connectivity index (χ1v) is 10.9. The third-order valence-corrected chi connectivity index (χ3v) is 6.20. The predicted octanol–water partition coefficient (Wildman–Crippen LogP) is 3.53. The number of hydrogen-bond acceptors (Lipinski definition) is 5. The van der Waals surface area contributed by atoms with Crippen molar-refractivity contribution in [2.24, 2.45) is 11.8 Å². The molecule has 28 heavy (non-hydrogen) atoms. The lowest BCUT2D eigenvalue weighted by Crippen LogP contribution is -2.45. The van der Waals surface area contributed by atoms with Crippen molar-refractivity contribution in [1.82, 2.24) is 9.34 Å². The number of hydrogen-bond donors (Lipinski definition) is 0. The zero-order valence-corrected chi connectivity index (χ0v) is 19.1. The molecule has 0 aromatic heterocycles. The number of carbonyl (C=O) groups is 2. The maximum Gasteiger partial charge on any atom is 0.323 e. The Kier molecular flexibility index (Phi) is 13.0. The number of carbonyl (C=O) groups excluding carboxylic acids is 2. The SMILES string of the molecule is C=CCN([C@@H](CC(C)C)C(=O)OC)[PH](=O)N(CC=C)[C@@H](CC(C)C)C(=O)OC. The Hall–Kier alpha value is -1.43. The van der Waals surface area contributed by atoms with Gasteiger partial charge in [0.2, 0.25) is 8.10 Å². The zero-order valence-electron chi connectivity index (χ0n) is 18.1. The van der Waals surface area contributed by atoms with Crippen LogP contribution in [-0.2, 0) is 23.6 Å². The Balaban J connectivity index is 6.07. The molecule has 2 atom stereocenters. The normalized spacial score (nSPS) is 13.8.